The SMILES string of the molecule is N=C(N)NCCC[C@H]1NC(=O)C(CC(=O)O)NC1=O. The van der Waals surface area contributed by atoms with Crippen molar-refractivity contribution in [2.24, 2.45) is 5.73 Å². The molecule has 0 aliphatic carbocycles. The van der Waals surface area contributed by atoms with Crippen LogP contribution in [0.15, 0.2) is 0 Å². The summed E-state index contributed by atoms with van der Waals surface area (Å²) >= 11 is 0. The summed E-state index contributed by atoms with van der Waals surface area (Å²) in [7, 11) is 0. The van der Waals surface area contributed by atoms with Gasteiger partial charge in [-0.25, -0.2) is 0 Å². The van der Waals surface area contributed by atoms with Gasteiger partial charge in [-0.05, 0) is 12.8 Å². The third-order valence-electron chi connectivity index (χ3n) is 2.63. The number of rotatable bonds is 6. The van der Waals surface area contributed by atoms with Gasteiger partial charge in [0, 0.05) is 6.54 Å². The van der Waals surface area contributed by atoms with Gasteiger partial charge in [0.2, 0.25) is 11.8 Å². The molecule has 2 atom stereocenters. The Labute approximate surface area is 109 Å². The Morgan fingerprint density at radius 3 is 2.47 bits per heavy atom. The third kappa shape index (κ3) is 4.82. The largest absolute Gasteiger partial charge is 0.481 e. The number of piperazine rings is 1. The lowest BCUT2D eigenvalue weighted by molar-refractivity contribution is -0.143. The van der Waals surface area contributed by atoms with Crippen molar-refractivity contribution in [2.75, 3.05) is 6.54 Å². The van der Waals surface area contributed by atoms with Crippen molar-refractivity contribution in [3.63, 3.8) is 0 Å². The van der Waals surface area contributed by atoms with E-state index >= 15 is 0 Å². The topological polar surface area (TPSA) is 157 Å². The quantitative estimate of drug-likeness (QED) is 0.181. The van der Waals surface area contributed by atoms with Crippen LogP contribution in [-0.4, -0.2) is 47.5 Å². The van der Waals surface area contributed by atoms with E-state index in [1.807, 2.05) is 0 Å². The smallest absolute Gasteiger partial charge is 0.305 e. The predicted octanol–water partition coefficient (Wildman–Crippen LogP) is -2.29. The summed E-state index contributed by atoms with van der Waals surface area (Å²) in [6, 6.07) is -1.69. The van der Waals surface area contributed by atoms with E-state index in [0.717, 1.165) is 0 Å². The molecule has 0 saturated carbocycles. The Kier molecular flexibility index (Phi) is 5.10. The maximum atomic E-state index is 11.7. The molecule has 1 unspecified atom stereocenters. The Morgan fingerprint density at radius 1 is 1.32 bits per heavy atom. The molecule has 0 aromatic rings. The summed E-state index contributed by atoms with van der Waals surface area (Å²) in [5.74, 6) is -2.19. The Balaban J connectivity index is 2.39. The second kappa shape index (κ2) is 6.57. The maximum absolute atomic E-state index is 11.7. The molecule has 0 aromatic heterocycles. The van der Waals surface area contributed by atoms with E-state index in [0.29, 0.717) is 19.4 Å². The molecular formula is C10H17N5O4. The molecular weight excluding hydrogens is 254 g/mol. The van der Waals surface area contributed by atoms with Crippen LogP contribution in [0.2, 0.25) is 0 Å². The fourth-order valence-corrected chi connectivity index (χ4v) is 1.73. The number of carbonyl (C=O) groups excluding carboxylic acids is 2. The van der Waals surface area contributed by atoms with Gasteiger partial charge in [-0.15, -0.1) is 0 Å². The average molecular weight is 271 g/mol. The molecule has 9 heteroatoms. The van der Waals surface area contributed by atoms with Gasteiger partial charge in [-0.2, -0.15) is 0 Å². The number of nitrogens with two attached hydrogens (primary N) is 1. The highest BCUT2D eigenvalue weighted by molar-refractivity contribution is 5.98. The lowest BCUT2D eigenvalue weighted by atomic mass is 10.0. The van der Waals surface area contributed by atoms with Crippen LogP contribution in [0, 0.1) is 5.41 Å². The first-order valence-corrected chi connectivity index (χ1v) is 5.80. The zero-order valence-electron chi connectivity index (χ0n) is 10.2. The zero-order valence-corrected chi connectivity index (χ0v) is 10.2. The van der Waals surface area contributed by atoms with Crippen molar-refractivity contribution >= 4 is 23.7 Å². The monoisotopic (exact) mass is 271 g/mol. The van der Waals surface area contributed by atoms with Crippen LogP contribution in [0.25, 0.3) is 0 Å². The van der Waals surface area contributed by atoms with E-state index in [4.69, 9.17) is 16.2 Å². The molecule has 0 radical (unpaired) electrons. The minimum absolute atomic E-state index is 0.154. The van der Waals surface area contributed by atoms with E-state index < -0.39 is 36.3 Å². The number of carboxylic acid groups (broad SMARTS) is 1. The normalized spacial score (nSPS) is 22.3. The molecule has 1 fully saturated rings. The van der Waals surface area contributed by atoms with E-state index in [-0.39, 0.29) is 5.96 Å². The standard InChI is InChI=1S/C10H17N5O4/c11-10(12)13-3-1-2-5-8(18)15-6(4-7(16)17)9(19)14-5/h5-6H,1-4H2,(H,14,19)(H,15,18)(H,16,17)(H4,11,12,13)/t5-,6?/m1/s1. The molecule has 1 aliphatic rings. The third-order valence-corrected chi connectivity index (χ3v) is 2.63. The summed E-state index contributed by atoms with van der Waals surface area (Å²) in [4.78, 5) is 33.7. The Hall–Kier alpha value is -2.32. The first kappa shape index (κ1) is 14.7. The van der Waals surface area contributed by atoms with Crippen LogP contribution in [0.1, 0.15) is 19.3 Å². The summed E-state index contributed by atoms with van der Waals surface area (Å²) in [6.07, 6.45) is 0.495. The summed E-state index contributed by atoms with van der Waals surface area (Å²) in [6.45, 7) is 0.424. The molecule has 2 amide bonds. The molecule has 0 aromatic carbocycles. The van der Waals surface area contributed by atoms with Crippen LogP contribution in [-0.2, 0) is 14.4 Å². The molecule has 7 N–H and O–H groups in total. The van der Waals surface area contributed by atoms with Crippen molar-refractivity contribution in [3.05, 3.63) is 0 Å². The molecule has 0 spiro atoms. The van der Waals surface area contributed by atoms with Gasteiger partial charge in [-0.3, -0.25) is 19.8 Å². The number of carbonyl (C=O) groups is 3. The molecule has 19 heavy (non-hydrogen) atoms. The van der Waals surface area contributed by atoms with Gasteiger partial charge >= 0.3 is 5.97 Å². The van der Waals surface area contributed by atoms with Gasteiger partial charge < -0.3 is 26.8 Å². The molecule has 0 bridgehead atoms. The molecule has 1 aliphatic heterocycles. The van der Waals surface area contributed by atoms with Gasteiger partial charge in [0.05, 0.1) is 6.42 Å². The molecule has 1 heterocycles. The second-order valence-corrected chi connectivity index (χ2v) is 4.20. The number of aliphatic carboxylic acids is 1. The van der Waals surface area contributed by atoms with Crippen LogP contribution in [0.4, 0.5) is 0 Å². The van der Waals surface area contributed by atoms with Gasteiger partial charge in [0.15, 0.2) is 5.96 Å². The van der Waals surface area contributed by atoms with Crippen LogP contribution >= 0.6 is 0 Å². The van der Waals surface area contributed by atoms with Crippen molar-refractivity contribution in [2.45, 2.75) is 31.3 Å². The summed E-state index contributed by atoms with van der Waals surface area (Å²) in [5, 5.41) is 23.0. The van der Waals surface area contributed by atoms with Crippen molar-refractivity contribution in [3.8, 4) is 0 Å². The van der Waals surface area contributed by atoms with Crippen molar-refractivity contribution in [1.82, 2.24) is 16.0 Å². The van der Waals surface area contributed by atoms with E-state index in [1.165, 1.54) is 0 Å². The second-order valence-electron chi connectivity index (χ2n) is 4.20. The number of amides is 2. The van der Waals surface area contributed by atoms with E-state index in [9.17, 15) is 14.4 Å². The minimum Gasteiger partial charge on any atom is -0.481 e. The maximum Gasteiger partial charge on any atom is 0.305 e. The van der Waals surface area contributed by atoms with E-state index in [1.54, 1.807) is 0 Å². The highest BCUT2D eigenvalue weighted by atomic mass is 16.4. The zero-order chi connectivity index (χ0) is 14.4. The molecule has 106 valence electrons. The summed E-state index contributed by atoms with van der Waals surface area (Å²) in [5.41, 5.74) is 5.09. The minimum atomic E-state index is -1.15. The number of carboxylic acids is 1. The Morgan fingerprint density at radius 2 is 1.89 bits per heavy atom. The molecule has 9 nitrogen and oxygen atoms in total. The van der Waals surface area contributed by atoms with E-state index in [2.05, 4.69) is 16.0 Å². The molecule has 1 rings (SSSR count). The van der Waals surface area contributed by atoms with Gasteiger partial charge in [-0.1, -0.05) is 0 Å². The number of nitrogens with one attached hydrogen (secondary N) is 4. The highest BCUT2D eigenvalue weighted by Gasteiger charge is 2.34. The van der Waals surface area contributed by atoms with Gasteiger partial charge in [0.1, 0.15) is 12.1 Å². The number of guanidine groups is 1. The highest BCUT2D eigenvalue weighted by Crippen LogP contribution is 2.06. The lowest BCUT2D eigenvalue weighted by Crippen LogP contribution is -2.62. The Bertz CT molecular complexity index is 397. The fraction of sp³-hybridized carbons (Fsp3) is 0.600. The molecule has 1 saturated heterocycles. The van der Waals surface area contributed by atoms with Crippen LogP contribution in [0.3, 0.4) is 0 Å². The first-order chi connectivity index (χ1) is 8.90. The van der Waals surface area contributed by atoms with Crippen LogP contribution < -0.4 is 21.7 Å². The fourth-order valence-electron chi connectivity index (χ4n) is 1.73. The van der Waals surface area contributed by atoms with Crippen LogP contribution in [0.5, 0.6) is 0 Å². The summed E-state index contributed by atoms with van der Waals surface area (Å²) < 4.78 is 0. The lowest BCUT2D eigenvalue weighted by Gasteiger charge is -2.28. The van der Waals surface area contributed by atoms with Crippen molar-refractivity contribution < 1.29 is 19.5 Å². The number of hydrogen-bond donors (Lipinski definition) is 6. The first-order valence-electron chi connectivity index (χ1n) is 5.80. The predicted molar refractivity (Wildman–Crippen MR) is 65.3 cm³/mol. The van der Waals surface area contributed by atoms with Gasteiger partial charge in [0.25, 0.3) is 0 Å². The van der Waals surface area contributed by atoms with Crippen molar-refractivity contribution in [1.29, 1.82) is 5.41 Å². The number of hydrogen-bond acceptors (Lipinski definition) is 4. The average Bonchev–Trinajstić information content (AvgIpc) is 2.29.